The lowest BCUT2D eigenvalue weighted by atomic mass is 10.0. The van der Waals surface area contributed by atoms with E-state index in [4.69, 9.17) is 0 Å². The third kappa shape index (κ3) is 4.95. The van der Waals surface area contributed by atoms with Gasteiger partial charge < -0.3 is 5.11 Å². The fourth-order valence-corrected chi connectivity index (χ4v) is 0.989. The van der Waals surface area contributed by atoms with Crippen molar-refractivity contribution in [2.24, 2.45) is 0 Å². The van der Waals surface area contributed by atoms with Crippen LogP contribution >= 0.6 is 0 Å². The lowest BCUT2D eigenvalue weighted by molar-refractivity contribution is 0.222. The van der Waals surface area contributed by atoms with Crippen molar-refractivity contribution in [1.29, 1.82) is 0 Å². The van der Waals surface area contributed by atoms with Crippen LogP contribution in [0.3, 0.4) is 0 Å². The molecule has 0 saturated carbocycles. The molecule has 0 fully saturated rings. The van der Waals surface area contributed by atoms with Gasteiger partial charge in [-0.2, -0.15) is 0 Å². The van der Waals surface area contributed by atoms with E-state index >= 15 is 0 Å². The van der Waals surface area contributed by atoms with Crippen molar-refractivity contribution in [3.05, 3.63) is 30.5 Å². The minimum absolute atomic E-state index is 0.439. The summed E-state index contributed by atoms with van der Waals surface area (Å²) in [6.45, 7) is 9.25. The van der Waals surface area contributed by atoms with E-state index in [1.54, 1.807) is 6.08 Å². The second-order valence-electron chi connectivity index (χ2n) is 2.89. The van der Waals surface area contributed by atoms with E-state index in [2.05, 4.69) is 25.8 Å². The molecule has 0 aromatic rings. The molecule has 0 amide bonds. The fraction of sp³-hybridized carbons (Fsp3) is 0.545. The average molecular weight is 166 g/mol. The van der Waals surface area contributed by atoms with Crippen LogP contribution in [0, 0.1) is 0 Å². The van der Waals surface area contributed by atoms with Crippen molar-refractivity contribution in [2.75, 3.05) is 0 Å². The molecule has 0 aliphatic heterocycles. The first-order valence-corrected chi connectivity index (χ1v) is 4.43. The Bertz CT molecular complexity index is 175. The number of aliphatic hydroxyl groups is 1. The summed E-state index contributed by atoms with van der Waals surface area (Å²) in [5.41, 5.74) is 3.96. The summed E-state index contributed by atoms with van der Waals surface area (Å²) >= 11 is 0. The predicted molar refractivity (Wildman–Crippen MR) is 53.0 cm³/mol. The summed E-state index contributed by atoms with van der Waals surface area (Å²) in [6, 6.07) is 0. The second kappa shape index (κ2) is 6.90. The molecule has 0 bridgehead atoms. The van der Waals surface area contributed by atoms with E-state index in [1.165, 1.54) is 0 Å². The van der Waals surface area contributed by atoms with E-state index in [9.17, 15) is 5.11 Å². The van der Waals surface area contributed by atoms with Gasteiger partial charge in [0, 0.05) is 6.42 Å². The summed E-state index contributed by atoms with van der Waals surface area (Å²) in [5, 5.41) is 9.25. The maximum atomic E-state index is 9.25. The molecule has 0 radical (unpaired) electrons. The summed E-state index contributed by atoms with van der Waals surface area (Å²) in [4.78, 5) is 0. The number of hydrogen-bond donors (Lipinski definition) is 1. The molecule has 0 saturated heterocycles. The lowest BCUT2D eigenvalue weighted by Gasteiger charge is -2.06. The molecule has 1 nitrogen and oxygen atoms in total. The third-order valence-electron chi connectivity index (χ3n) is 1.81. The van der Waals surface area contributed by atoms with Crippen LogP contribution in [0.25, 0.3) is 0 Å². The first-order valence-electron chi connectivity index (χ1n) is 4.43. The van der Waals surface area contributed by atoms with E-state index < -0.39 is 6.10 Å². The summed E-state index contributed by atoms with van der Waals surface area (Å²) in [5.74, 6) is 0. The molecule has 0 aliphatic rings. The Kier molecular flexibility index (Phi) is 6.45. The van der Waals surface area contributed by atoms with Crippen LogP contribution in [0.5, 0.6) is 0 Å². The Morgan fingerprint density at radius 3 is 2.75 bits per heavy atom. The molecule has 0 aromatic heterocycles. The van der Waals surface area contributed by atoms with Crippen molar-refractivity contribution in [3.8, 4) is 0 Å². The number of hydrogen-bond acceptors (Lipinski definition) is 1. The molecular weight excluding hydrogens is 148 g/mol. The summed E-state index contributed by atoms with van der Waals surface area (Å²) in [6.07, 6.45) is 5.03. The highest BCUT2D eigenvalue weighted by Gasteiger charge is 2.02. The van der Waals surface area contributed by atoms with Gasteiger partial charge in [-0.1, -0.05) is 26.0 Å². The molecule has 68 valence electrons. The topological polar surface area (TPSA) is 20.2 Å². The Morgan fingerprint density at radius 2 is 2.33 bits per heavy atom. The molecule has 1 atom stereocenters. The van der Waals surface area contributed by atoms with Gasteiger partial charge in [-0.3, -0.25) is 0 Å². The Balaban J connectivity index is 3.84. The van der Waals surface area contributed by atoms with Gasteiger partial charge in [0.15, 0.2) is 0 Å². The first-order chi connectivity index (χ1) is 5.74. The SMILES string of the molecule is C=C=C(CCCC)C[C@@H](O)C=C. The van der Waals surface area contributed by atoms with Gasteiger partial charge in [0.05, 0.1) is 6.10 Å². The minimum Gasteiger partial charge on any atom is -0.389 e. The molecular formula is C11H18O. The Labute approximate surface area is 75.1 Å². The molecule has 0 unspecified atom stereocenters. The average Bonchev–Trinajstić information content (AvgIpc) is 2.11. The lowest BCUT2D eigenvalue weighted by Crippen LogP contribution is -2.02. The fourth-order valence-electron chi connectivity index (χ4n) is 0.989. The Hall–Kier alpha value is -0.780. The zero-order valence-electron chi connectivity index (χ0n) is 7.84. The van der Waals surface area contributed by atoms with Gasteiger partial charge >= 0.3 is 0 Å². The van der Waals surface area contributed by atoms with Crippen LogP contribution in [0.15, 0.2) is 30.5 Å². The van der Waals surface area contributed by atoms with Crippen LogP contribution in [0.2, 0.25) is 0 Å². The second-order valence-corrected chi connectivity index (χ2v) is 2.89. The third-order valence-corrected chi connectivity index (χ3v) is 1.81. The van der Waals surface area contributed by atoms with Crippen molar-refractivity contribution in [3.63, 3.8) is 0 Å². The summed E-state index contributed by atoms with van der Waals surface area (Å²) in [7, 11) is 0. The number of aliphatic hydroxyl groups excluding tert-OH is 1. The van der Waals surface area contributed by atoms with Crippen LogP contribution in [-0.2, 0) is 0 Å². The summed E-state index contributed by atoms with van der Waals surface area (Å²) < 4.78 is 0. The van der Waals surface area contributed by atoms with Gasteiger partial charge in [-0.05, 0) is 18.4 Å². The quantitative estimate of drug-likeness (QED) is 0.475. The molecule has 0 aromatic carbocycles. The predicted octanol–water partition coefficient (Wildman–Crippen LogP) is 2.82. The Morgan fingerprint density at radius 1 is 1.67 bits per heavy atom. The van der Waals surface area contributed by atoms with Gasteiger partial charge in [0.2, 0.25) is 0 Å². The molecule has 0 aliphatic carbocycles. The molecule has 0 spiro atoms. The van der Waals surface area contributed by atoms with Gasteiger partial charge in [-0.15, -0.1) is 12.3 Å². The number of rotatable bonds is 6. The highest BCUT2D eigenvalue weighted by molar-refractivity contribution is 5.03. The molecule has 1 N–H and O–H groups in total. The van der Waals surface area contributed by atoms with Crippen LogP contribution in [-0.4, -0.2) is 11.2 Å². The standard InChI is InChI=1S/C11H18O/c1-4-7-8-10(5-2)9-11(12)6-3/h6,11-12H,2-4,7-9H2,1H3/t11-/m0/s1. The zero-order valence-corrected chi connectivity index (χ0v) is 7.84. The van der Waals surface area contributed by atoms with E-state index in [0.29, 0.717) is 6.42 Å². The first kappa shape index (κ1) is 11.2. The molecule has 0 rings (SSSR count). The van der Waals surface area contributed by atoms with E-state index in [1.807, 2.05) is 0 Å². The normalized spacial score (nSPS) is 11.8. The monoisotopic (exact) mass is 166 g/mol. The maximum Gasteiger partial charge on any atom is 0.0761 e. The van der Waals surface area contributed by atoms with Crippen molar-refractivity contribution < 1.29 is 5.11 Å². The van der Waals surface area contributed by atoms with Crippen molar-refractivity contribution in [2.45, 2.75) is 38.7 Å². The van der Waals surface area contributed by atoms with Crippen LogP contribution in [0.1, 0.15) is 32.6 Å². The van der Waals surface area contributed by atoms with Crippen LogP contribution in [0.4, 0.5) is 0 Å². The number of unbranched alkanes of at least 4 members (excludes halogenated alkanes) is 1. The highest BCUT2D eigenvalue weighted by Crippen LogP contribution is 2.12. The highest BCUT2D eigenvalue weighted by atomic mass is 16.3. The van der Waals surface area contributed by atoms with Crippen molar-refractivity contribution >= 4 is 0 Å². The van der Waals surface area contributed by atoms with Crippen molar-refractivity contribution in [1.82, 2.24) is 0 Å². The molecule has 0 heterocycles. The van der Waals surface area contributed by atoms with Gasteiger partial charge in [-0.25, -0.2) is 0 Å². The zero-order chi connectivity index (χ0) is 9.40. The minimum atomic E-state index is -0.439. The maximum absolute atomic E-state index is 9.25. The van der Waals surface area contributed by atoms with Crippen LogP contribution < -0.4 is 0 Å². The van der Waals surface area contributed by atoms with E-state index in [0.717, 1.165) is 24.8 Å². The smallest absolute Gasteiger partial charge is 0.0761 e. The molecule has 12 heavy (non-hydrogen) atoms. The van der Waals surface area contributed by atoms with E-state index in [-0.39, 0.29) is 0 Å². The molecule has 1 heteroatoms. The largest absolute Gasteiger partial charge is 0.389 e. The van der Waals surface area contributed by atoms with Gasteiger partial charge in [0.1, 0.15) is 0 Å². The van der Waals surface area contributed by atoms with Gasteiger partial charge in [0.25, 0.3) is 0 Å².